The fraction of sp³-hybridized carbons (Fsp3) is 0. The Balaban J connectivity index is 1.84. The third-order valence-corrected chi connectivity index (χ3v) is 5.12. The Hall–Kier alpha value is -2.85. The number of hydrogen-bond acceptors (Lipinski definition) is 4. The molecule has 5 rings (SSSR count). The Bertz CT molecular complexity index is 1170. The summed E-state index contributed by atoms with van der Waals surface area (Å²) >= 11 is 1.68. The maximum absolute atomic E-state index is 4.64. The van der Waals surface area contributed by atoms with Gasteiger partial charge >= 0.3 is 0 Å². The monoisotopic (exact) mass is 313 g/mol. The first-order valence-corrected chi connectivity index (χ1v) is 8.19. The number of hydrogen-bond donors (Lipinski definition) is 0. The zero-order valence-electron chi connectivity index (χ0n) is 12.1. The number of rotatable bonds is 1. The van der Waals surface area contributed by atoms with Crippen LogP contribution in [-0.4, -0.2) is 15.0 Å². The van der Waals surface area contributed by atoms with Crippen molar-refractivity contribution in [3.8, 4) is 11.4 Å². The standard InChI is InChI=1S/C19H11N3S/c1-2-5-13-12(4-1)7-9-20-18(13)16-10-15-14-6-3-8-21-19(14)23-17(15)11-22-16/h1-11H. The first kappa shape index (κ1) is 12.7. The molecule has 5 aromatic rings. The molecule has 0 unspecified atom stereocenters. The number of nitrogens with zero attached hydrogens (tertiary/aromatic N) is 3. The van der Waals surface area contributed by atoms with Gasteiger partial charge in [-0.25, -0.2) is 4.98 Å². The van der Waals surface area contributed by atoms with Crippen molar-refractivity contribution >= 4 is 42.4 Å². The van der Waals surface area contributed by atoms with E-state index >= 15 is 0 Å². The summed E-state index contributed by atoms with van der Waals surface area (Å²) < 4.78 is 1.16. The molecule has 0 N–H and O–H groups in total. The van der Waals surface area contributed by atoms with Crippen LogP contribution in [0.4, 0.5) is 0 Å². The van der Waals surface area contributed by atoms with Crippen LogP contribution in [0.3, 0.4) is 0 Å². The van der Waals surface area contributed by atoms with Gasteiger partial charge < -0.3 is 0 Å². The normalized spacial score (nSPS) is 11.5. The fourth-order valence-corrected chi connectivity index (χ4v) is 3.96. The average Bonchev–Trinajstić information content (AvgIpc) is 2.99. The number of aromatic nitrogens is 3. The predicted molar refractivity (Wildman–Crippen MR) is 95.7 cm³/mol. The smallest absolute Gasteiger partial charge is 0.124 e. The van der Waals surface area contributed by atoms with Crippen LogP contribution in [-0.2, 0) is 0 Å². The van der Waals surface area contributed by atoms with Crippen LogP contribution in [0.25, 0.3) is 42.5 Å². The van der Waals surface area contributed by atoms with Gasteiger partial charge in [0.1, 0.15) is 4.83 Å². The molecular weight excluding hydrogens is 302 g/mol. The molecule has 4 aromatic heterocycles. The molecule has 0 aliphatic carbocycles. The second kappa shape index (κ2) is 4.83. The molecule has 0 fully saturated rings. The van der Waals surface area contributed by atoms with Gasteiger partial charge in [0.25, 0.3) is 0 Å². The van der Waals surface area contributed by atoms with Crippen LogP contribution in [0.5, 0.6) is 0 Å². The number of fused-ring (bicyclic) bond motifs is 4. The van der Waals surface area contributed by atoms with Crippen molar-refractivity contribution in [3.63, 3.8) is 0 Å². The van der Waals surface area contributed by atoms with Crippen molar-refractivity contribution in [1.82, 2.24) is 15.0 Å². The Kier molecular flexibility index (Phi) is 2.66. The Morgan fingerprint density at radius 3 is 2.65 bits per heavy atom. The van der Waals surface area contributed by atoms with Crippen LogP contribution >= 0.6 is 11.3 Å². The van der Waals surface area contributed by atoms with Crippen LogP contribution in [0.15, 0.2) is 67.1 Å². The molecular formula is C19H11N3S. The van der Waals surface area contributed by atoms with Gasteiger partial charge in [-0.05, 0) is 29.7 Å². The van der Waals surface area contributed by atoms with Crippen LogP contribution in [0.2, 0.25) is 0 Å². The molecule has 0 atom stereocenters. The van der Waals surface area contributed by atoms with Gasteiger partial charge in [-0.2, -0.15) is 0 Å². The van der Waals surface area contributed by atoms with E-state index in [1.165, 1.54) is 16.2 Å². The summed E-state index contributed by atoms with van der Waals surface area (Å²) in [4.78, 5) is 14.7. The first-order valence-electron chi connectivity index (χ1n) is 7.37. The lowest BCUT2D eigenvalue weighted by Crippen LogP contribution is -1.88. The largest absolute Gasteiger partial charge is 0.254 e. The molecule has 4 heterocycles. The second-order valence-corrected chi connectivity index (χ2v) is 6.44. The van der Waals surface area contributed by atoms with Gasteiger partial charge in [0, 0.05) is 34.7 Å². The molecule has 0 radical (unpaired) electrons. The summed E-state index contributed by atoms with van der Waals surface area (Å²) in [5.74, 6) is 0. The van der Waals surface area contributed by atoms with Crippen molar-refractivity contribution in [2.75, 3.05) is 0 Å². The van der Waals surface area contributed by atoms with Crippen molar-refractivity contribution in [1.29, 1.82) is 0 Å². The van der Waals surface area contributed by atoms with E-state index < -0.39 is 0 Å². The first-order chi connectivity index (χ1) is 11.4. The third-order valence-electron chi connectivity index (χ3n) is 4.05. The van der Waals surface area contributed by atoms with Crippen molar-refractivity contribution in [2.24, 2.45) is 0 Å². The maximum Gasteiger partial charge on any atom is 0.124 e. The molecule has 0 spiro atoms. The van der Waals surface area contributed by atoms with E-state index in [-0.39, 0.29) is 0 Å². The topological polar surface area (TPSA) is 38.7 Å². The van der Waals surface area contributed by atoms with Gasteiger partial charge in [0.2, 0.25) is 0 Å². The molecule has 4 heteroatoms. The Morgan fingerprint density at radius 1 is 0.739 bits per heavy atom. The summed E-state index contributed by atoms with van der Waals surface area (Å²) in [7, 11) is 0. The van der Waals surface area contributed by atoms with Crippen molar-refractivity contribution < 1.29 is 0 Å². The molecule has 23 heavy (non-hydrogen) atoms. The average molecular weight is 313 g/mol. The van der Waals surface area contributed by atoms with E-state index in [0.717, 1.165) is 26.3 Å². The summed E-state index contributed by atoms with van der Waals surface area (Å²) in [6.07, 6.45) is 5.61. The van der Waals surface area contributed by atoms with Gasteiger partial charge in [-0.1, -0.05) is 24.3 Å². The van der Waals surface area contributed by atoms with Gasteiger partial charge in [-0.15, -0.1) is 11.3 Å². The third kappa shape index (κ3) is 1.92. The van der Waals surface area contributed by atoms with Crippen LogP contribution in [0.1, 0.15) is 0 Å². The molecule has 0 aliphatic heterocycles. The molecule has 0 amide bonds. The lowest BCUT2D eigenvalue weighted by molar-refractivity contribution is 1.28. The number of pyridine rings is 3. The second-order valence-electron chi connectivity index (χ2n) is 5.40. The summed E-state index contributed by atoms with van der Waals surface area (Å²) in [6, 6.07) is 16.5. The molecule has 0 saturated heterocycles. The highest BCUT2D eigenvalue weighted by atomic mass is 32.1. The minimum absolute atomic E-state index is 0.901. The molecule has 1 aromatic carbocycles. The minimum Gasteiger partial charge on any atom is -0.254 e. The maximum atomic E-state index is 4.64. The Morgan fingerprint density at radius 2 is 1.65 bits per heavy atom. The molecule has 0 saturated carbocycles. The number of thiophene rings is 1. The van der Waals surface area contributed by atoms with E-state index in [1.807, 2.05) is 42.9 Å². The van der Waals surface area contributed by atoms with Gasteiger partial charge in [-0.3, -0.25) is 9.97 Å². The van der Waals surface area contributed by atoms with Crippen LogP contribution in [0, 0.1) is 0 Å². The zero-order valence-corrected chi connectivity index (χ0v) is 12.9. The van der Waals surface area contributed by atoms with E-state index in [1.54, 1.807) is 11.3 Å². The van der Waals surface area contributed by atoms with E-state index in [0.29, 0.717) is 0 Å². The van der Waals surface area contributed by atoms with Crippen molar-refractivity contribution in [3.05, 3.63) is 67.1 Å². The highest BCUT2D eigenvalue weighted by Gasteiger charge is 2.11. The highest BCUT2D eigenvalue weighted by molar-refractivity contribution is 7.25. The Labute approximate surface area is 136 Å². The summed E-state index contributed by atoms with van der Waals surface area (Å²) in [6.45, 7) is 0. The molecule has 3 nitrogen and oxygen atoms in total. The quantitative estimate of drug-likeness (QED) is 0.434. The fourth-order valence-electron chi connectivity index (χ4n) is 2.97. The lowest BCUT2D eigenvalue weighted by Gasteiger charge is -2.05. The van der Waals surface area contributed by atoms with Crippen molar-refractivity contribution in [2.45, 2.75) is 0 Å². The van der Waals surface area contributed by atoms with E-state index in [2.05, 4.69) is 39.2 Å². The van der Waals surface area contributed by atoms with E-state index in [9.17, 15) is 0 Å². The van der Waals surface area contributed by atoms with E-state index in [4.69, 9.17) is 0 Å². The molecule has 0 bridgehead atoms. The minimum atomic E-state index is 0.901. The number of benzene rings is 1. The SMILES string of the molecule is c1ccc2c(-c3cc4c(cn3)sc3ncccc34)nccc2c1. The van der Waals surface area contributed by atoms with Crippen LogP contribution < -0.4 is 0 Å². The molecule has 108 valence electrons. The van der Waals surface area contributed by atoms with Gasteiger partial charge in [0.05, 0.1) is 16.1 Å². The van der Waals surface area contributed by atoms with Gasteiger partial charge in [0.15, 0.2) is 0 Å². The summed E-state index contributed by atoms with van der Waals surface area (Å²) in [5.41, 5.74) is 1.83. The summed E-state index contributed by atoms with van der Waals surface area (Å²) in [5, 5.41) is 4.67. The lowest BCUT2D eigenvalue weighted by atomic mass is 10.1. The zero-order chi connectivity index (χ0) is 15.2. The highest BCUT2D eigenvalue weighted by Crippen LogP contribution is 2.34. The molecule has 0 aliphatic rings. The predicted octanol–water partition coefficient (Wildman–Crippen LogP) is 5.06.